The molecule has 0 atom stereocenters. The maximum absolute atomic E-state index is 3.79. The van der Waals surface area contributed by atoms with Gasteiger partial charge in [-0.05, 0) is 12.7 Å². The summed E-state index contributed by atoms with van der Waals surface area (Å²) in [4.78, 5) is 0. The van der Waals surface area contributed by atoms with Gasteiger partial charge in [-0.25, -0.2) is 0 Å². The zero-order valence-corrected chi connectivity index (χ0v) is 11.4. The third-order valence-corrected chi connectivity index (χ3v) is 0.940. The molecule has 0 nitrogen and oxygen atoms in total. The molecule has 0 unspecified atom stereocenters. The van der Waals surface area contributed by atoms with Gasteiger partial charge in [-0.15, -0.1) is 0 Å². The fourth-order valence-electron chi connectivity index (χ4n) is 0.534. The summed E-state index contributed by atoms with van der Waals surface area (Å²) >= 11 is 3.79. The zero-order valence-electron chi connectivity index (χ0n) is 10.5. The van der Waals surface area contributed by atoms with Crippen LogP contribution in [0.2, 0.25) is 0 Å². The van der Waals surface area contributed by atoms with E-state index in [-0.39, 0.29) is 7.43 Å². The van der Waals surface area contributed by atoms with Crippen molar-refractivity contribution in [2.75, 3.05) is 5.75 Å². The predicted molar refractivity (Wildman–Crippen MR) is 80.1 cm³/mol. The number of thiol groups is 1. The van der Waals surface area contributed by atoms with E-state index in [0.29, 0.717) is 0 Å². The smallest absolute Gasteiger partial charge is 0.0126 e. The average molecular weight is 230 g/mol. The average Bonchev–Trinajstić information content (AvgIpc) is 2.26. The topological polar surface area (TPSA) is 0 Å². The van der Waals surface area contributed by atoms with Crippen molar-refractivity contribution in [1.29, 1.82) is 0 Å². The molecule has 1 rings (SSSR count). The van der Waals surface area contributed by atoms with Crippen molar-refractivity contribution >= 4 is 12.6 Å². The first-order valence-corrected chi connectivity index (χ1v) is 6.07. The Hall–Kier alpha value is -0.430. The van der Waals surface area contributed by atoms with E-state index in [0.717, 1.165) is 5.75 Å². The molecule has 0 amide bonds. The quantitative estimate of drug-likeness (QED) is 0.549. The highest BCUT2D eigenvalue weighted by molar-refractivity contribution is 7.80. The van der Waals surface area contributed by atoms with Gasteiger partial charge in [0.15, 0.2) is 0 Å². The summed E-state index contributed by atoms with van der Waals surface area (Å²) in [7, 11) is 0. The van der Waals surface area contributed by atoms with Crippen LogP contribution in [-0.2, 0) is 0 Å². The highest BCUT2D eigenvalue weighted by Gasteiger charge is 1.72. The Balaban J connectivity index is -0.0000000658. The van der Waals surface area contributed by atoms with Crippen LogP contribution in [0.5, 0.6) is 0 Å². The van der Waals surface area contributed by atoms with E-state index in [1.165, 1.54) is 5.56 Å². The molecular weight excluding hydrogens is 200 g/mol. The number of benzene rings is 1. The highest BCUT2D eigenvalue weighted by Crippen LogP contribution is 1.92. The van der Waals surface area contributed by atoms with Crippen LogP contribution in [0, 0.1) is 6.92 Å². The lowest BCUT2D eigenvalue weighted by Gasteiger charge is -1.82. The summed E-state index contributed by atoms with van der Waals surface area (Å²) in [5.74, 6) is 0.944. The van der Waals surface area contributed by atoms with E-state index in [4.69, 9.17) is 0 Å². The minimum Gasteiger partial charge on any atom is -0.180 e. The molecule has 0 N–H and O–H groups in total. The van der Waals surface area contributed by atoms with Crippen molar-refractivity contribution in [1.82, 2.24) is 0 Å². The molecule has 0 aliphatic rings. The molecule has 0 saturated carbocycles. The molecule has 1 heteroatoms. The molecule has 15 heavy (non-hydrogen) atoms. The summed E-state index contributed by atoms with van der Waals surface area (Å²) in [5.41, 5.74) is 1.32. The van der Waals surface area contributed by atoms with Crippen molar-refractivity contribution in [2.24, 2.45) is 0 Å². The number of rotatable bonds is 0. The van der Waals surface area contributed by atoms with E-state index in [1.54, 1.807) is 0 Å². The Kier molecular flexibility index (Phi) is 46.7. The first-order valence-electron chi connectivity index (χ1n) is 5.43. The number of hydrogen-bond donors (Lipinski definition) is 1. The molecule has 0 bridgehead atoms. The van der Waals surface area contributed by atoms with Gasteiger partial charge in [0.2, 0.25) is 0 Å². The Bertz CT molecular complexity index is 147. The fourth-order valence-corrected chi connectivity index (χ4v) is 0.534. The van der Waals surface area contributed by atoms with Crippen molar-refractivity contribution in [2.45, 2.75) is 49.0 Å². The minimum atomic E-state index is 0. The van der Waals surface area contributed by atoms with Crippen LogP contribution in [0.15, 0.2) is 30.3 Å². The van der Waals surface area contributed by atoms with Gasteiger partial charge in [0, 0.05) is 0 Å². The van der Waals surface area contributed by atoms with E-state index in [2.05, 4.69) is 31.7 Å². The van der Waals surface area contributed by atoms with E-state index < -0.39 is 0 Å². The second kappa shape index (κ2) is 29.2. The fraction of sp³-hybridized carbons (Fsp3) is 0.571. The summed E-state index contributed by atoms with van der Waals surface area (Å²) in [5, 5.41) is 0. The van der Waals surface area contributed by atoms with Gasteiger partial charge in [0.25, 0.3) is 0 Å². The molecule has 0 radical (unpaired) electrons. The molecule has 0 aromatic heterocycles. The highest BCUT2D eigenvalue weighted by atomic mass is 32.1. The molecule has 0 heterocycles. The third-order valence-electron chi connectivity index (χ3n) is 0.940. The van der Waals surface area contributed by atoms with Gasteiger partial charge >= 0.3 is 0 Å². The van der Waals surface area contributed by atoms with Crippen LogP contribution < -0.4 is 0 Å². The monoisotopic (exact) mass is 230 g/mol. The maximum Gasteiger partial charge on any atom is -0.0126 e. The van der Waals surface area contributed by atoms with Gasteiger partial charge in [-0.1, -0.05) is 77.9 Å². The standard InChI is InChI=1S/C7H8.C2H6S.2C2H6.CH4/c1-7-5-3-2-4-6-7;1-2-3;2*1-2;/h2-6H,1H3;3H,2H2,1H3;2*1-2H3;1H4. The molecule has 1 aromatic carbocycles. The van der Waals surface area contributed by atoms with Crippen molar-refractivity contribution in [3.8, 4) is 0 Å². The summed E-state index contributed by atoms with van der Waals surface area (Å²) in [6.07, 6.45) is 0. The van der Waals surface area contributed by atoms with E-state index in [1.807, 2.05) is 52.8 Å². The van der Waals surface area contributed by atoms with E-state index in [9.17, 15) is 0 Å². The summed E-state index contributed by atoms with van der Waals surface area (Å²) < 4.78 is 0. The van der Waals surface area contributed by atoms with Gasteiger partial charge in [-0.3, -0.25) is 0 Å². The lowest BCUT2D eigenvalue weighted by atomic mass is 10.2. The Morgan fingerprint density at radius 3 is 1.33 bits per heavy atom. The molecule has 1 aromatic rings. The first-order chi connectivity index (χ1) is 6.81. The van der Waals surface area contributed by atoms with Crippen LogP contribution in [0.1, 0.15) is 47.6 Å². The summed E-state index contributed by atoms with van der Waals surface area (Å²) in [6.45, 7) is 12.1. The Morgan fingerprint density at radius 1 is 0.933 bits per heavy atom. The van der Waals surface area contributed by atoms with Gasteiger partial charge < -0.3 is 0 Å². The summed E-state index contributed by atoms with van der Waals surface area (Å²) in [6, 6.07) is 10.3. The lowest BCUT2D eigenvalue weighted by Crippen LogP contribution is -1.62. The second-order valence-electron chi connectivity index (χ2n) is 1.97. The number of hydrogen-bond acceptors (Lipinski definition) is 1. The van der Waals surface area contributed by atoms with Crippen LogP contribution >= 0.6 is 12.6 Å². The maximum atomic E-state index is 3.79. The SMILES string of the molecule is C.CC.CC.CCS.Cc1ccccc1. The van der Waals surface area contributed by atoms with Crippen LogP contribution in [0.3, 0.4) is 0 Å². The molecule has 92 valence electrons. The van der Waals surface area contributed by atoms with Crippen molar-refractivity contribution in [3.05, 3.63) is 35.9 Å². The predicted octanol–water partition coefficient (Wildman–Crippen LogP) is 5.62. The molecule has 0 aliphatic carbocycles. The van der Waals surface area contributed by atoms with Crippen molar-refractivity contribution < 1.29 is 0 Å². The molecule has 0 aliphatic heterocycles. The molecule has 0 saturated heterocycles. The van der Waals surface area contributed by atoms with Crippen LogP contribution in [0.4, 0.5) is 0 Å². The first kappa shape index (κ1) is 24.0. The normalized spacial score (nSPS) is 6.07. The molecular formula is C14H30S. The third kappa shape index (κ3) is 31.7. The minimum absolute atomic E-state index is 0. The zero-order chi connectivity index (χ0) is 11.8. The van der Waals surface area contributed by atoms with Crippen LogP contribution in [-0.4, -0.2) is 5.75 Å². The molecule has 0 fully saturated rings. The molecule has 0 spiro atoms. The Labute approximate surface area is 104 Å². The van der Waals surface area contributed by atoms with Gasteiger partial charge in [0.1, 0.15) is 0 Å². The van der Waals surface area contributed by atoms with E-state index >= 15 is 0 Å². The second-order valence-corrected chi connectivity index (χ2v) is 2.60. The number of aryl methyl sites for hydroxylation is 1. The van der Waals surface area contributed by atoms with Crippen LogP contribution in [0.25, 0.3) is 0 Å². The lowest BCUT2D eigenvalue weighted by molar-refractivity contribution is 1.48. The van der Waals surface area contributed by atoms with Gasteiger partial charge in [0.05, 0.1) is 0 Å². The van der Waals surface area contributed by atoms with Crippen molar-refractivity contribution in [3.63, 3.8) is 0 Å². The van der Waals surface area contributed by atoms with Gasteiger partial charge in [-0.2, -0.15) is 12.6 Å². The Morgan fingerprint density at radius 2 is 1.20 bits per heavy atom. The largest absolute Gasteiger partial charge is 0.180 e.